The Kier molecular flexibility index (Phi) is 3.97. The van der Waals surface area contributed by atoms with Crippen LogP contribution < -0.4 is 0 Å². The maximum Gasteiger partial charge on any atom is 0.181 e. The molecule has 19 heavy (non-hydrogen) atoms. The van der Waals surface area contributed by atoms with Crippen molar-refractivity contribution in [2.75, 3.05) is 14.1 Å². The molecular formula is C12H15N7. The zero-order chi connectivity index (χ0) is 13.7. The molecule has 0 fully saturated rings. The van der Waals surface area contributed by atoms with Crippen molar-refractivity contribution in [2.45, 2.75) is 6.92 Å². The molecule has 2 aromatic heterocycles. The largest absolute Gasteiger partial charge is 0.366 e. The van der Waals surface area contributed by atoms with E-state index < -0.39 is 0 Å². The smallest absolute Gasteiger partial charge is 0.181 e. The second-order valence-electron chi connectivity index (χ2n) is 4.05. The molecular weight excluding hydrogens is 242 g/mol. The lowest BCUT2D eigenvalue weighted by Gasteiger charge is -2.11. The van der Waals surface area contributed by atoms with Crippen LogP contribution in [0.4, 0.5) is 0 Å². The highest BCUT2D eigenvalue weighted by atomic mass is 15.4. The molecule has 2 aromatic rings. The van der Waals surface area contributed by atoms with Gasteiger partial charge in [-0.1, -0.05) is 0 Å². The van der Waals surface area contributed by atoms with Crippen molar-refractivity contribution in [3.63, 3.8) is 0 Å². The lowest BCUT2D eigenvalue weighted by molar-refractivity contribution is 0.619. The van der Waals surface area contributed by atoms with E-state index in [1.165, 1.54) is 17.3 Å². The SMILES string of the molecule is C/C(=N/C(=N/n1cnnc1)c1ccncc1)N(C)C. The molecule has 0 aromatic carbocycles. The Morgan fingerprint density at radius 1 is 1.16 bits per heavy atom. The maximum absolute atomic E-state index is 4.51. The molecule has 0 atom stereocenters. The molecule has 0 saturated carbocycles. The minimum atomic E-state index is 0.577. The van der Waals surface area contributed by atoms with Gasteiger partial charge in [0.05, 0.1) is 0 Å². The fraction of sp³-hybridized carbons (Fsp3) is 0.250. The molecule has 0 bridgehead atoms. The van der Waals surface area contributed by atoms with Gasteiger partial charge >= 0.3 is 0 Å². The normalized spacial score (nSPS) is 12.6. The highest BCUT2D eigenvalue weighted by molar-refractivity contribution is 6.05. The maximum atomic E-state index is 4.51. The van der Waals surface area contributed by atoms with E-state index >= 15 is 0 Å². The summed E-state index contributed by atoms with van der Waals surface area (Å²) in [7, 11) is 3.86. The van der Waals surface area contributed by atoms with Crippen LogP contribution in [0.3, 0.4) is 0 Å². The third-order valence-electron chi connectivity index (χ3n) is 2.47. The number of aliphatic imine (C=N–C) groups is 1. The average molecular weight is 257 g/mol. The summed E-state index contributed by atoms with van der Waals surface area (Å²) in [6.45, 7) is 1.92. The van der Waals surface area contributed by atoms with Gasteiger partial charge in [0.2, 0.25) is 0 Å². The van der Waals surface area contributed by atoms with Gasteiger partial charge in [0.15, 0.2) is 5.84 Å². The molecule has 0 N–H and O–H groups in total. The van der Waals surface area contributed by atoms with Gasteiger partial charge in [0, 0.05) is 32.1 Å². The second kappa shape index (κ2) is 5.85. The number of amidine groups is 2. The summed E-state index contributed by atoms with van der Waals surface area (Å²) < 4.78 is 1.52. The average Bonchev–Trinajstić information content (AvgIpc) is 2.91. The van der Waals surface area contributed by atoms with E-state index in [2.05, 4.69) is 25.3 Å². The standard InChI is InChI=1S/C12H15N7/c1-10(18(2)3)16-12(11-4-6-13-7-5-11)17-19-8-14-15-9-19/h4-9H,1-3H3/b16-10-,17-12+. The van der Waals surface area contributed by atoms with Gasteiger partial charge in [0.1, 0.15) is 18.5 Å². The van der Waals surface area contributed by atoms with E-state index in [0.29, 0.717) is 5.84 Å². The highest BCUT2D eigenvalue weighted by Gasteiger charge is 2.04. The Morgan fingerprint density at radius 3 is 2.37 bits per heavy atom. The zero-order valence-electron chi connectivity index (χ0n) is 11.1. The van der Waals surface area contributed by atoms with E-state index in [1.54, 1.807) is 12.4 Å². The third kappa shape index (κ3) is 3.44. The second-order valence-corrected chi connectivity index (χ2v) is 4.05. The van der Waals surface area contributed by atoms with Gasteiger partial charge in [-0.2, -0.15) is 0 Å². The molecule has 0 saturated heterocycles. The first-order chi connectivity index (χ1) is 9.16. The molecule has 2 heterocycles. The minimum absolute atomic E-state index is 0.577. The molecule has 0 aliphatic heterocycles. The van der Waals surface area contributed by atoms with E-state index in [0.717, 1.165) is 11.4 Å². The van der Waals surface area contributed by atoms with Gasteiger partial charge in [-0.15, -0.1) is 15.3 Å². The van der Waals surface area contributed by atoms with Crippen LogP contribution in [0.25, 0.3) is 0 Å². The molecule has 0 radical (unpaired) electrons. The van der Waals surface area contributed by atoms with Crippen molar-refractivity contribution in [1.82, 2.24) is 24.8 Å². The molecule has 0 aliphatic carbocycles. The summed E-state index contributed by atoms with van der Waals surface area (Å²) in [5.41, 5.74) is 0.880. The Bertz CT molecular complexity index is 569. The predicted octanol–water partition coefficient (Wildman–Crippen LogP) is 0.863. The summed E-state index contributed by atoms with van der Waals surface area (Å²) in [6.07, 6.45) is 6.44. The summed E-state index contributed by atoms with van der Waals surface area (Å²) in [4.78, 5) is 10.4. The number of hydrogen-bond donors (Lipinski definition) is 0. The number of rotatable bonds is 2. The molecule has 0 aliphatic rings. The van der Waals surface area contributed by atoms with Crippen LogP contribution >= 0.6 is 0 Å². The van der Waals surface area contributed by atoms with Gasteiger partial charge < -0.3 is 4.90 Å². The first-order valence-electron chi connectivity index (χ1n) is 5.73. The lowest BCUT2D eigenvalue weighted by atomic mass is 10.2. The monoisotopic (exact) mass is 257 g/mol. The number of pyridine rings is 1. The Labute approximate surface area is 111 Å². The molecule has 0 unspecified atom stereocenters. The van der Waals surface area contributed by atoms with Gasteiger partial charge in [-0.3, -0.25) is 4.98 Å². The predicted molar refractivity (Wildman–Crippen MR) is 73.0 cm³/mol. The molecule has 0 amide bonds. The van der Waals surface area contributed by atoms with Crippen molar-refractivity contribution in [1.29, 1.82) is 0 Å². The van der Waals surface area contributed by atoms with Crippen LogP contribution in [-0.2, 0) is 0 Å². The van der Waals surface area contributed by atoms with E-state index in [4.69, 9.17) is 0 Å². The fourth-order valence-corrected chi connectivity index (χ4v) is 1.26. The van der Waals surface area contributed by atoms with Crippen LogP contribution in [0.1, 0.15) is 12.5 Å². The molecule has 7 nitrogen and oxygen atoms in total. The van der Waals surface area contributed by atoms with Gasteiger partial charge in [-0.05, 0) is 19.1 Å². The summed E-state index contributed by atoms with van der Waals surface area (Å²) in [6, 6.07) is 3.71. The molecule has 0 spiro atoms. The van der Waals surface area contributed by atoms with Crippen molar-refractivity contribution in [3.8, 4) is 0 Å². The Hall–Kier alpha value is -2.57. The number of hydrogen-bond acceptors (Lipinski definition) is 4. The van der Waals surface area contributed by atoms with E-state index in [9.17, 15) is 0 Å². The van der Waals surface area contributed by atoms with Crippen LogP contribution in [-0.4, -0.2) is 50.5 Å². The van der Waals surface area contributed by atoms with Crippen molar-refractivity contribution in [2.24, 2.45) is 10.1 Å². The molecule has 2 rings (SSSR count). The van der Waals surface area contributed by atoms with Gasteiger partial charge in [0.25, 0.3) is 0 Å². The van der Waals surface area contributed by atoms with Crippen LogP contribution in [0.5, 0.6) is 0 Å². The highest BCUT2D eigenvalue weighted by Crippen LogP contribution is 2.03. The summed E-state index contributed by atoms with van der Waals surface area (Å²) in [5, 5.41) is 11.8. The topological polar surface area (TPSA) is 71.6 Å². The van der Waals surface area contributed by atoms with Crippen molar-refractivity contribution >= 4 is 11.7 Å². The van der Waals surface area contributed by atoms with Crippen molar-refractivity contribution in [3.05, 3.63) is 42.7 Å². The quantitative estimate of drug-likeness (QED) is 0.591. The number of aromatic nitrogens is 4. The van der Waals surface area contributed by atoms with Crippen molar-refractivity contribution < 1.29 is 0 Å². The van der Waals surface area contributed by atoms with Crippen LogP contribution in [0.2, 0.25) is 0 Å². The minimum Gasteiger partial charge on any atom is -0.366 e. The molecule has 7 heteroatoms. The number of nitrogens with zero attached hydrogens (tertiary/aromatic N) is 7. The lowest BCUT2D eigenvalue weighted by Crippen LogP contribution is -2.20. The Morgan fingerprint density at radius 2 is 1.79 bits per heavy atom. The van der Waals surface area contributed by atoms with Crippen LogP contribution in [0.15, 0.2) is 47.3 Å². The first-order valence-corrected chi connectivity index (χ1v) is 5.73. The van der Waals surface area contributed by atoms with E-state index in [-0.39, 0.29) is 0 Å². The summed E-state index contributed by atoms with van der Waals surface area (Å²) >= 11 is 0. The van der Waals surface area contributed by atoms with Gasteiger partial charge in [-0.25, -0.2) is 9.67 Å². The third-order valence-corrected chi connectivity index (χ3v) is 2.47. The first kappa shape index (κ1) is 12.9. The zero-order valence-corrected chi connectivity index (χ0v) is 11.1. The van der Waals surface area contributed by atoms with E-state index in [1.807, 2.05) is 38.1 Å². The fourth-order valence-electron chi connectivity index (χ4n) is 1.26. The Balaban J connectivity index is 2.43. The summed E-state index contributed by atoms with van der Waals surface area (Å²) in [5.74, 6) is 1.43. The van der Waals surface area contributed by atoms with Crippen LogP contribution in [0, 0.1) is 0 Å². The molecule has 98 valence electrons.